The summed E-state index contributed by atoms with van der Waals surface area (Å²) < 4.78 is 6.95. The fourth-order valence-corrected chi connectivity index (χ4v) is 4.66. The van der Waals surface area contributed by atoms with Crippen molar-refractivity contribution in [2.24, 2.45) is 7.05 Å². The monoisotopic (exact) mass is 465 g/mol. The van der Waals surface area contributed by atoms with Crippen LogP contribution < -0.4 is 10.1 Å². The molecule has 0 saturated heterocycles. The minimum absolute atomic E-state index is 0.0833. The molecule has 2 heterocycles. The maximum Gasteiger partial charge on any atom is 0.251 e. The first-order valence-corrected chi connectivity index (χ1v) is 11.8. The zero-order valence-electron chi connectivity index (χ0n) is 18.9. The van der Waals surface area contributed by atoms with E-state index in [-0.39, 0.29) is 17.9 Å². The number of rotatable bonds is 7. The van der Waals surface area contributed by atoms with Gasteiger partial charge in [-0.2, -0.15) is 0 Å². The molecule has 0 bridgehead atoms. The minimum atomic E-state index is -0.347. The van der Waals surface area contributed by atoms with Gasteiger partial charge in [-0.15, -0.1) is 10.2 Å². The van der Waals surface area contributed by atoms with Gasteiger partial charge in [0.1, 0.15) is 5.75 Å². The van der Waals surface area contributed by atoms with Crippen LogP contribution in [0.2, 0.25) is 0 Å². The molecule has 1 aromatic heterocycles. The Balaban J connectivity index is 1.33. The van der Waals surface area contributed by atoms with Crippen molar-refractivity contribution in [1.29, 1.82) is 0 Å². The van der Waals surface area contributed by atoms with E-state index in [1.54, 1.807) is 31.4 Å². The normalized spacial score (nSPS) is 13.8. The highest BCUT2D eigenvalue weighted by molar-refractivity contribution is 7.99. The third-order valence-electron chi connectivity index (χ3n) is 5.76. The minimum Gasteiger partial charge on any atom is -0.497 e. The number of carbonyl (C=O) groups excluding carboxylic acids is 2. The molecule has 8 nitrogen and oxygen atoms in total. The quantitative estimate of drug-likeness (QED) is 0.540. The Bertz CT molecular complexity index is 1150. The van der Waals surface area contributed by atoms with Crippen molar-refractivity contribution < 1.29 is 14.3 Å². The molecule has 0 spiro atoms. The molecule has 1 atom stereocenters. The molecule has 2 amide bonds. The van der Waals surface area contributed by atoms with E-state index in [1.807, 2.05) is 35.6 Å². The van der Waals surface area contributed by atoms with Crippen LogP contribution in [0.1, 0.15) is 40.3 Å². The molecule has 1 aliphatic heterocycles. The van der Waals surface area contributed by atoms with Crippen LogP contribution in [0.25, 0.3) is 0 Å². The lowest BCUT2D eigenvalue weighted by atomic mass is 10.00. The van der Waals surface area contributed by atoms with Gasteiger partial charge in [-0.25, -0.2) is 0 Å². The van der Waals surface area contributed by atoms with Gasteiger partial charge in [0.15, 0.2) is 11.0 Å². The fourth-order valence-electron chi connectivity index (χ4n) is 3.84. The molecular weight excluding hydrogens is 438 g/mol. The zero-order chi connectivity index (χ0) is 23.4. The third-order valence-corrected chi connectivity index (χ3v) is 6.77. The SMILES string of the molecule is COc1ccc(C(=O)N[C@H](C)c2nnc(SCC(=O)N3CCc4ccccc4C3)n2C)cc1. The number of ether oxygens (including phenoxy) is 1. The summed E-state index contributed by atoms with van der Waals surface area (Å²) in [5.74, 6) is 1.49. The van der Waals surface area contributed by atoms with Crippen LogP contribution in [-0.4, -0.2) is 50.9 Å². The molecule has 33 heavy (non-hydrogen) atoms. The first kappa shape index (κ1) is 22.8. The summed E-state index contributed by atoms with van der Waals surface area (Å²) in [7, 11) is 3.43. The number of aromatic nitrogens is 3. The Labute approximate surface area is 197 Å². The molecule has 4 rings (SSSR count). The van der Waals surface area contributed by atoms with E-state index >= 15 is 0 Å². The summed E-state index contributed by atoms with van der Waals surface area (Å²) in [6, 6.07) is 14.8. The average molecular weight is 466 g/mol. The number of nitrogens with one attached hydrogen (secondary N) is 1. The van der Waals surface area contributed by atoms with Crippen molar-refractivity contribution in [2.45, 2.75) is 31.1 Å². The summed E-state index contributed by atoms with van der Waals surface area (Å²) >= 11 is 1.36. The van der Waals surface area contributed by atoms with Crippen molar-refractivity contribution in [3.63, 3.8) is 0 Å². The lowest BCUT2D eigenvalue weighted by Crippen LogP contribution is -2.37. The van der Waals surface area contributed by atoms with Crippen LogP contribution in [0.4, 0.5) is 0 Å². The Morgan fingerprint density at radius 2 is 1.85 bits per heavy atom. The summed E-state index contributed by atoms with van der Waals surface area (Å²) in [4.78, 5) is 27.2. The van der Waals surface area contributed by atoms with Gasteiger partial charge in [0.25, 0.3) is 5.91 Å². The number of carbonyl (C=O) groups is 2. The summed E-state index contributed by atoms with van der Waals surface area (Å²) in [5, 5.41) is 12.1. The van der Waals surface area contributed by atoms with Gasteiger partial charge in [-0.05, 0) is 48.7 Å². The van der Waals surface area contributed by atoms with E-state index in [0.717, 1.165) is 13.0 Å². The standard InChI is InChI=1S/C24H27N5O3S/c1-16(25-23(31)18-8-10-20(32-3)11-9-18)22-26-27-24(28(22)2)33-15-21(30)29-13-12-17-6-4-5-7-19(17)14-29/h4-11,16H,12-15H2,1-3H3,(H,25,31)/t16-/m1/s1. The lowest BCUT2D eigenvalue weighted by molar-refractivity contribution is -0.129. The van der Waals surface area contributed by atoms with Gasteiger partial charge >= 0.3 is 0 Å². The Kier molecular flexibility index (Phi) is 6.98. The van der Waals surface area contributed by atoms with E-state index in [4.69, 9.17) is 4.74 Å². The van der Waals surface area contributed by atoms with E-state index in [2.05, 4.69) is 27.6 Å². The average Bonchev–Trinajstić information content (AvgIpc) is 3.22. The molecule has 9 heteroatoms. The van der Waals surface area contributed by atoms with E-state index in [1.165, 1.54) is 22.9 Å². The van der Waals surface area contributed by atoms with Gasteiger partial charge in [0, 0.05) is 25.7 Å². The molecule has 3 aromatic rings. The Hall–Kier alpha value is -3.33. The van der Waals surface area contributed by atoms with Gasteiger partial charge in [0.2, 0.25) is 5.91 Å². The van der Waals surface area contributed by atoms with E-state index < -0.39 is 0 Å². The third kappa shape index (κ3) is 5.19. The van der Waals surface area contributed by atoms with Crippen molar-refractivity contribution in [3.05, 3.63) is 71.0 Å². The molecule has 1 N–H and O–H groups in total. The van der Waals surface area contributed by atoms with Crippen LogP contribution in [0.15, 0.2) is 53.7 Å². The van der Waals surface area contributed by atoms with Crippen LogP contribution in [0, 0.1) is 0 Å². The van der Waals surface area contributed by atoms with Gasteiger partial charge in [-0.3, -0.25) is 9.59 Å². The van der Waals surface area contributed by atoms with Gasteiger partial charge < -0.3 is 19.5 Å². The van der Waals surface area contributed by atoms with Crippen molar-refractivity contribution in [3.8, 4) is 5.75 Å². The molecule has 2 aromatic carbocycles. The maximum absolute atomic E-state index is 12.8. The lowest BCUT2D eigenvalue weighted by Gasteiger charge is -2.28. The number of benzene rings is 2. The topological polar surface area (TPSA) is 89.3 Å². The number of hydrogen-bond acceptors (Lipinski definition) is 6. The molecule has 0 radical (unpaired) electrons. The van der Waals surface area contributed by atoms with E-state index in [0.29, 0.717) is 34.6 Å². The summed E-state index contributed by atoms with van der Waals surface area (Å²) in [6.45, 7) is 3.24. The van der Waals surface area contributed by atoms with Crippen LogP contribution in [-0.2, 0) is 24.8 Å². The van der Waals surface area contributed by atoms with E-state index in [9.17, 15) is 9.59 Å². The van der Waals surface area contributed by atoms with Crippen LogP contribution >= 0.6 is 11.8 Å². The summed E-state index contributed by atoms with van der Waals surface area (Å²) in [5.41, 5.74) is 3.07. The number of amides is 2. The molecule has 172 valence electrons. The smallest absolute Gasteiger partial charge is 0.251 e. The second kappa shape index (κ2) is 10.1. The molecule has 0 saturated carbocycles. The van der Waals surface area contributed by atoms with Crippen LogP contribution in [0.5, 0.6) is 5.75 Å². The molecular formula is C24H27N5O3S. The molecule has 0 aliphatic carbocycles. The Morgan fingerprint density at radius 3 is 2.58 bits per heavy atom. The predicted molar refractivity (Wildman–Crippen MR) is 126 cm³/mol. The molecule has 0 unspecified atom stereocenters. The first-order valence-electron chi connectivity index (χ1n) is 10.8. The van der Waals surface area contributed by atoms with Gasteiger partial charge in [-0.1, -0.05) is 36.0 Å². The largest absolute Gasteiger partial charge is 0.497 e. The molecule has 0 fully saturated rings. The second-order valence-corrected chi connectivity index (χ2v) is 8.89. The highest BCUT2D eigenvalue weighted by atomic mass is 32.2. The predicted octanol–water partition coefficient (Wildman–Crippen LogP) is 2.99. The second-order valence-electron chi connectivity index (χ2n) is 7.95. The molecule has 1 aliphatic rings. The highest BCUT2D eigenvalue weighted by Crippen LogP contribution is 2.23. The number of nitrogens with zero attached hydrogens (tertiary/aromatic N) is 4. The van der Waals surface area contributed by atoms with Crippen molar-refractivity contribution in [1.82, 2.24) is 25.0 Å². The first-order chi connectivity index (χ1) is 16.0. The number of fused-ring (bicyclic) bond motifs is 1. The number of hydrogen-bond donors (Lipinski definition) is 1. The van der Waals surface area contributed by atoms with Crippen molar-refractivity contribution in [2.75, 3.05) is 19.4 Å². The number of thioether (sulfide) groups is 1. The Morgan fingerprint density at radius 1 is 1.12 bits per heavy atom. The highest BCUT2D eigenvalue weighted by Gasteiger charge is 2.22. The van der Waals surface area contributed by atoms with Crippen molar-refractivity contribution >= 4 is 23.6 Å². The van der Waals surface area contributed by atoms with Crippen LogP contribution in [0.3, 0.4) is 0 Å². The summed E-state index contributed by atoms with van der Waals surface area (Å²) in [6.07, 6.45) is 0.881. The maximum atomic E-state index is 12.8. The van der Waals surface area contributed by atoms with Gasteiger partial charge in [0.05, 0.1) is 18.9 Å². The fraction of sp³-hybridized carbons (Fsp3) is 0.333. The number of methoxy groups -OCH3 is 1. The zero-order valence-corrected chi connectivity index (χ0v) is 19.8.